The number of esters is 1. The van der Waals surface area contributed by atoms with Crippen LogP contribution in [0.3, 0.4) is 0 Å². The second-order valence-corrected chi connectivity index (χ2v) is 7.48. The van der Waals surface area contributed by atoms with Crippen LogP contribution in [0.25, 0.3) is 21.5 Å². The van der Waals surface area contributed by atoms with Crippen LogP contribution < -0.4 is 5.43 Å². The van der Waals surface area contributed by atoms with Gasteiger partial charge in [0.25, 0.3) is 0 Å². The van der Waals surface area contributed by atoms with E-state index in [1.807, 2.05) is 56.3 Å². The van der Waals surface area contributed by atoms with Gasteiger partial charge in [0.1, 0.15) is 12.7 Å². The number of hydrogen-bond acceptors (Lipinski definition) is 5. The molecule has 1 saturated heterocycles. The Morgan fingerprint density at radius 2 is 1.82 bits per heavy atom. The van der Waals surface area contributed by atoms with Gasteiger partial charge in [0.05, 0.1) is 13.0 Å². The summed E-state index contributed by atoms with van der Waals surface area (Å²) in [6.07, 6.45) is -0.107. The van der Waals surface area contributed by atoms with E-state index in [2.05, 4.69) is 0 Å². The Bertz CT molecular complexity index is 1100. The Balaban J connectivity index is 1.51. The minimum absolute atomic E-state index is 0.00859. The van der Waals surface area contributed by atoms with Gasteiger partial charge in [0, 0.05) is 10.8 Å². The molecule has 5 nitrogen and oxygen atoms in total. The number of rotatable bonds is 4. The fourth-order valence-electron chi connectivity index (χ4n) is 3.49. The molecule has 1 aliphatic heterocycles. The van der Waals surface area contributed by atoms with Gasteiger partial charge in [-0.15, -0.1) is 0 Å². The summed E-state index contributed by atoms with van der Waals surface area (Å²) >= 11 is 0. The van der Waals surface area contributed by atoms with Crippen molar-refractivity contribution in [1.82, 2.24) is 0 Å². The molecule has 0 aromatic heterocycles. The van der Waals surface area contributed by atoms with Crippen molar-refractivity contribution in [3.8, 4) is 0 Å². The molecule has 1 heterocycles. The molecular weight excluding hydrogens is 356 g/mol. The lowest BCUT2D eigenvalue weighted by molar-refractivity contribution is -0.157. The first kappa shape index (κ1) is 18.6. The van der Waals surface area contributed by atoms with E-state index in [1.165, 1.54) is 0 Å². The average Bonchev–Trinajstić information content (AvgIpc) is 2.96. The average molecular weight is 378 g/mol. The molecule has 0 radical (unpaired) electrons. The van der Waals surface area contributed by atoms with Crippen molar-refractivity contribution < 1.29 is 19.0 Å². The van der Waals surface area contributed by atoms with Gasteiger partial charge in [0.15, 0.2) is 11.2 Å². The van der Waals surface area contributed by atoms with Gasteiger partial charge in [-0.05, 0) is 30.2 Å². The number of carbonyl (C=O) groups is 1. The van der Waals surface area contributed by atoms with Crippen LogP contribution >= 0.6 is 0 Å². The standard InChI is InChI=1S/C23H22O5/c1-23(2)27-14-18(28-23)13-26-21(24)12-15-7-10-20-17(11-15)9-8-16-5-3-4-6-19(16)22(20)25/h3-11,18H,12-14H2,1-2H3. The van der Waals surface area contributed by atoms with Crippen LogP contribution in [-0.2, 0) is 25.4 Å². The highest BCUT2D eigenvalue weighted by molar-refractivity contribution is 5.93. The topological polar surface area (TPSA) is 61.8 Å². The smallest absolute Gasteiger partial charge is 0.310 e. The molecule has 0 aliphatic carbocycles. The Kier molecular flexibility index (Phi) is 4.87. The number of carbonyl (C=O) groups excluding carboxylic acids is 1. The van der Waals surface area contributed by atoms with Gasteiger partial charge in [-0.3, -0.25) is 9.59 Å². The first-order valence-corrected chi connectivity index (χ1v) is 9.33. The van der Waals surface area contributed by atoms with Crippen LogP contribution in [-0.4, -0.2) is 31.1 Å². The van der Waals surface area contributed by atoms with E-state index in [4.69, 9.17) is 14.2 Å². The minimum atomic E-state index is -0.634. The zero-order valence-corrected chi connectivity index (χ0v) is 15.9. The van der Waals surface area contributed by atoms with Crippen LogP contribution in [0.15, 0.2) is 59.4 Å². The van der Waals surface area contributed by atoms with Crippen molar-refractivity contribution in [2.75, 3.05) is 13.2 Å². The summed E-state index contributed by atoms with van der Waals surface area (Å²) in [7, 11) is 0. The van der Waals surface area contributed by atoms with E-state index in [1.54, 1.807) is 12.1 Å². The maximum Gasteiger partial charge on any atom is 0.310 e. The van der Waals surface area contributed by atoms with E-state index < -0.39 is 5.79 Å². The third-order valence-corrected chi connectivity index (χ3v) is 4.85. The highest BCUT2D eigenvalue weighted by Gasteiger charge is 2.33. The molecule has 0 N–H and O–H groups in total. The number of ether oxygens (including phenoxy) is 3. The fraction of sp³-hybridized carbons (Fsp3) is 0.304. The lowest BCUT2D eigenvalue weighted by Gasteiger charge is -2.17. The molecule has 4 rings (SSSR count). The molecule has 0 amide bonds. The van der Waals surface area contributed by atoms with Crippen molar-refractivity contribution in [2.24, 2.45) is 0 Å². The predicted molar refractivity (Wildman–Crippen MR) is 107 cm³/mol. The normalized spacial score (nSPS) is 18.4. The van der Waals surface area contributed by atoms with E-state index in [0.29, 0.717) is 17.4 Å². The molecular formula is C23H22O5. The van der Waals surface area contributed by atoms with Crippen LogP contribution in [0.1, 0.15) is 19.4 Å². The third kappa shape index (κ3) is 3.91. The molecule has 0 spiro atoms. The third-order valence-electron chi connectivity index (χ3n) is 4.85. The highest BCUT2D eigenvalue weighted by atomic mass is 16.7. The van der Waals surface area contributed by atoms with Crippen molar-refractivity contribution in [3.05, 3.63) is 70.4 Å². The molecule has 1 fully saturated rings. The second-order valence-electron chi connectivity index (χ2n) is 7.48. The van der Waals surface area contributed by atoms with Crippen LogP contribution in [0.4, 0.5) is 0 Å². The van der Waals surface area contributed by atoms with Gasteiger partial charge >= 0.3 is 5.97 Å². The van der Waals surface area contributed by atoms with Crippen molar-refractivity contribution in [1.29, 1.82) is 0 Å². The SMILES string of the molecule is CC1(C)OCC(COC(=O)Cc2ccc3c(=O)c4ccccc4ccc3c2)O1. The quantitative estimate of drug-likeness (QED) is 0.649. The Morgan fingerprint density at radius 1 is 1.07 bits per heavy atom. The van der Waals surface area contributed by atoms with Gasteiger partial charge in [-0.1, -0.05) is 54.6 Å². The van der Waals surface area contributed by atoms with Gasteiger partial charge < -0.3 is 14.2 Å². The summed E-state index contributed by atoms with van der Waals surface area (Å²) in [4.78, 5) is 25.0. The second kappa shape index (κ2) is 7.34. The Labute approximate surface area is 162 Å². The van der Waals surface area contributed by atoms with Crippen molar-refractivity contribution in [2.45, 2.75) is 32.2 Å². The zero-order valence-electron chi connectivity index (χ0n) is 15.9. The largest absolute Gasteiger partial charge is 0.463 e. The number of fused-ring (bicyclic) bond motifs is 2. The summed E-state index contributed by atoms with van der Waals surface area (Å²) < 4.78 is 16.4. The van der Waals surface area contributed by atoms with Crippen molar-refractivity contribution >= 4 is 27.5 Å². The van der Waals surface area contributed by atoms with Crippen LogP contribution in [0, 0.1) is 0 Å². The summed E-state index contributed by atoms with van der Waals surface area (Å²) in [5.41, 5.74) is 0.793. The monoisotopic (exact) mass is 378 g/mol. The minimum Gasteiger partial charge on any atom is -0.463 e. The Hall–Kier alpha value is -2.76. The molecule has 5 heteroatoms. The molecule has 28 heavy (non-hydrogen) atoms. The molecule has 3 aromatic rings. The maximum atomic E-state index is 12.8. The van der Waals surface area contributed by atoms with E-state index in [9.17, 15) is 9.59 Å². The summed E-state index contributed by atoms with van der Waals surface area (Å²) in [5.74, 6) is -0.967. The number of hydrogen-bond donors (Lipinski definition) is 0. The summed E-state index contributed by atoms with van der Waals surface area (Å²) in [6, 6.07) is 16.8. The Morgan fingerprint density at radius 3 is 2.61 bits per heavy atom. The number of benzene rings is 2. The summed E-state index contributed by atoms with van der Waals surface area (Å²) in [5, 5.41) is 3.02. The van der Waals surface area contributed by atoms with Gasteiger partial charge in [-0.25, -0.2) is 0 Å². The first-order valence-electron chi connectivity index (χ1n) is 9.33. The van der Waals surface area contributed by atoms with Crippen molar-refractivity contribution in [3.63, 3.8) is 0 Å². The molecule has 1 aliphatic rings. The zero-order chi connectivity index (χ0) is 19.7. The predicted octanol–water partition coefficient (Wildman–Crippen LogP) is 3.59. The van der Waals surface area contributed by atoms with E-state index >= 15 is 0 Å². The fourth-order valence-corrected chi connectivity index (χ4v) is 3.49. The van der Waals surface area contributed by atoms with E-state index in [0.717, 1.165) is 16.3 Å². The van der Waals surface area contributed by atoms with Crippen LogP contribution in [0.2, 0.25) is 0 Å². The lowest BCUT2D eigenvalue weighted by atomic mass is 10.1. The molecule has 144 valence electrons. The first-order chi connectivity index (χ1) is 13.4. The van der Waals surface area contributed by atoms with Crippen LogP contribution in [0.5, 0.6) is 0 Å². The highest BCUT2D eigenvalue weighted by Crippen LogP contribution is 2.22. The maximum absolute atomic E-state index is 12.8. The molecule has 3 aromatic carbocycles. The molecule has 0 saturated carbocycles. The van der Waals surface area contributed by atoms with E-state index in [-0.39, 0.29) is 30.5 Å². The molecule has 1 unspecified atom stereocenters. The summed E-state index contributed by atoms with van der Waals surface area (Å²) in [6.45, 7) is 4.24. The molecule has 1 atom stereocenters. The lowest BCUT2D eigenvalue weighted by Crippen LogP contribution is -2.25. The van der Waals surface area contributed by atoms with Gasteiger partial charge in [0.2, 0.25) is 0 Å². The molecule has 0 bridgehead atoms. The van der Waals surface area contributed by atoms with Gasteiger partial charge in [-0.2, -0.15) is 0 Å².